The number of rotatable bonds is 3. The Labute approximate surface area is 121 Å². The van der Waals surface area contributed by atoms with Crippen LogP contribution in [0.15, 0.2) is 84.0 Å². The van der Waals surface area contributed by atoms with Crippen molar-refractivity contribution >= 4 is 0 Å². The summed E-state index contributed by atoms with van der Waals surface area (Å²) in [4.78, 5) is 0. The Morgan fingerprint density at radius 3 is 1.85 bits per heavy atom. The van der Waals surface area contributed by atoms with E-state index < -0.39 is 0 Å². The molecule has 0 atom stereocenters. The normalized spacial score (nSPS) is 14.9. The second kappa shape index (κ2) is 5.92. The minimum Gasteiger partial charge on any atom is -0.0813 e. The molecule has 0 aromatic heterocycles. The summed E-state index contributed by atoms with van der Waals surface area (Å²) in [5.74, 6) is 0.390. The summed E-state index contributed by atoms with van der Waals surface area (Å²) in [6.07, 6.45) is 7.02. The first kappa shape index (κ1) is 12.9. The van der Waals surface area contributed by atoms with Crippen LogP contribution in [0.25, 0.3) is 0 Å². The van der Waals surface area contributed by atoms with Gasteiger partial charge in [-0.15, -0.1) is 0 Å². The zero-order chi connectivity index (χ0) is 13.8. The molecular weight excluding hydrogens is 240 g/mol. The van der Waals surface area contributed by atoms with Crippen LogP contribution in [0, 0.1) is 0 Å². The van der Waals surface area contributed by atoms with Gasteiger partial charge >= 0.3 is 0 Å². The van der Waals surface area contributed by atoms with E-state index in [0.29, 0.717) is 5.92 Å². The lowest BCUT2D eigenvalue weighted by Gasteiger charge is -2.24. The lowest BCUT2D eigenvalue weighted by Crippen LogP contribution is -2.07. The molecule has 2 aromatic carbocycles. The molecule has 0 nitrogen and oxygen atoms in total. The Balaban J connectivity index is 2.07. The molecule has 1 aliphatic rings. The summed E-state index contributed by atoms with van der Waals surface area (Å²) in [6, 6.07) is 21.7. The fourth-order valence-corrected chi connectivity index (χ4v) is 3.03. The Morgan fingerprint density at radius 1 is 0.800 bits per heavy atom. The first-order valence-electron chi connectivity index (χ1n) is 7.32. The van der Waals surface area contributed by atoms with Crippen molar-refractivity contribution in [2.45, 2.75) is 25.7 Å². The maximum Gasteiger partial charge on any atom is 0.0302 e. The number of benzene rings is 2. The molecule has 0 aliphatic heterocycles. The van der Waals surface area contributed by atoms with Crippen molar-refractivity contribution in [2.75, 3.05) is 0 Å². The van der Waals surface area contributed by atoms with E-state index >= 15 is 0 Å². The van der Waals surface area contributed by atoms with Crippen LogP contribution in [0.1, 0.15) is 36.8 Å². The van der Waals surface area contributed by atoms with E-state index in [1.807, 2.05) is 0 Å². The molecule has 0 bridgehead atoms. The summed E-state index contributed by atoms with van der Waals surface area (Å²) in [5.41, 5.74) is 5.70. The lowest BCUT2D eigenvalue weighted by molar-refractivity contribution is 0.823. The third kappa shape index (κ3) is 2.75. The molecule has 0 heterocycles. The summed E-state index contributed by atoms with van der Waals surface area (Å²) in [7, 11) is 0. The highest BCUT2D eigenvalue weighted by Crippen LogP contribution is 2.36. The molecule has 3 rings (SSSR count). The summed E-state index contributed by atoms with van der Waals surface area (Å²) in [5, 5.41) is 0. The van der Waals surface area contributed by atoms with Gasteiger partial charge in [0.25, 0.3) is 0 Å². The van der Waals surface area contributed by atoms with Gasteiger partial charge in [0.15, 0.2) is 0 Å². The van der Waals surface area contributed by atoms with Gasteiger partial charge in [0.1, 0.15) is 0 Å². The Bertz CT molecular complexity index is 578. The molecule has 0 radical (unpaired) electrons. The average molecular weight is 260 g/mol. The highest BCUT2D eigenvalue weighted by Gasteiger charge is 2.19. The van der Waals surface area contributed by atoms with Gasteiger partial charge in [-0.1, -0.05) is 84.0 Å². The van der Waals surface area contributed by atoms with Crippen LogP contribution in [0.3, 0.4) is 0 Å². The topological polar surface area (TPSA) is 0 Å². The van der Waals surface area contributed by atoms with Crippen LogP contribution < -0.4 is 0 Å². The van der Waals surface area contributed by atoms with Crippen LogP contribution in [0.5, 0.6) is 0 Å². The maximum absolute atomic E-state index is 2.37. The van der Waals surface area contributed by atoms with E-state index in [2.05, 4.69) is 79.7 Å². The van der Waals surface area contributed by atoms with Crippen molar-refractivity contribution in [3.05, 3.63) is 95.1 Å². The molecule has 0 saturated carbocycles. The second-order valence-electron chi connectivity index (χ2n) is 5.46. The van der Waals surface area contributed by atoms with Crippen molar-refractivity contribution in [3.63, 3.8) is 0 Å². The molecule has 0 spiro atoms. The van der Waals surface area contributed by atoms with Gasteiger partial charge in [-0.25, -0.2) is 0 Å². The minimum absolute atomic E-state index is 0.390. The van der Waals surface area contributed by atoms with E-state index in [4.69, 9.17) is 0 Å². The molecule has 0 amide bonds. The highest BCUT2D eigenvalue weighted by molar-refractivity contribution is 5.44. The summed E-state index contributed by atoms with van der Waals surface area (Å²) in [6.45, 7) is 2.20. The Hall–Kier alpha value is -2.08. The van der Waals surface area contributed by atoms with Gasteiger partial charge in [0.2, 0.25) is 0 Å². The Morgan fingerprint density at radius 2 is 1.35 bits per heavy atom. The molecule has 0 saturated heterocycles. The highest BCUT2D eigenvalue weighted by atomic mass is 14.2. The Kier molecular flexibility index (Phi) is 3.83. The first-order chi connectivity index (χ1) is 9.84. The lowest BCUT2D eigenvalue weighted by atomic mass is 9.80. The largest absolute Gasteiger partial charge is 0.0813 e. The maximum atomic E-state index is 2.37. The zero-order valence-electron chi connectivity index (χ0n) is 11.9. The summed E-state index contributed by atoms with van der Waals surface area (Å²) < 4.78 is 0. The fraction of sp³-hybridized carbons (Fsp3) is 0.200. The van der Waals surface area contributed by atoms with Crippen molar-refractivity contribution in [1.82, 2.24) is 0 Å². The molecule has 0 fully saturated rings. The van der Waals surface area contributed by atoms with Gasteiger partial charge in [-0.2, -0.15) is 0 Å². The number of hydrogen-bond donors (Lipinski definition) is 0. The van der Waals surface area contributed by atoms with Crippen LogP contribution >= 0.6 is 0 Å². The van der Waals surface area contributed by atoms with Crippen molar-refractivity contribution in [2.24, 2.45) is 0 Å². The zero-order valence-corrected chi connectivity index (χ0v) is 11.9. The van der Waals surface area contributed by atoms with Gasteiger partial charge in [0, 0.05) is 5.92 Å². The number of hydrogen-bond acceptors (Lipinski definition) is 0. The van der Waals surface area contributed by atoms with Gasteiger partial charge < -0.3 is 0 Å². The van der Waals surface area contributed by atoms with E-state index in [1.54, 1.807) is 0 Å². The average Bonchev–Trinajstić information content (AvgIpc) is 2.50. The van der Waals surface area contributed by atoms with Gasteiger partial charge in [-0.05, 0) is 30.9 Å². The second-order valence-corrected chi connectivity index (χ2v) is 5.46. The van der Waals surface area contributed by atoms with E-state index in [-0.39, 0.29) is 0 Å². The van der Waals surface area contributed by atoms with Gasteiger partial charge in [-0.3, -0.25) is 0 Å². The first-order valence-corrected chi connectivity index (χ1v) is 7.32. The third-order valence-electron chi connectivity index (χ3n) is 3.95. The van der Waals surface area contributed by atoms with Crippen LogP contribution in [0.2, 0.25) is 0 Å². The van der Waals surface area contributed by atoms with Crippen molar-refractivity contribution < 1.29 is 0 Å². The quantitative estimate of drug-likeness (QED) is 0.685. The smallest absolute Gasteiger partial charge is 0.0302 e. The molecule has 100 valence electrons. The van der Waals surface area contributed by atoms with E-state index in [9.17, 15) is 0 Å². The van der Waals surface area contributed by atoms with Crippen molar-refractivity contribution in [1.29, 1.82) is 0 Å². The molecule has 1 aliphatic carbocycles. The van der Waals surface area contributed by atoms with Crippen LogP contribution in [0.4, 0.5) is 0 Å². The molecule has 0 unspecified atom stereocenters. The molecule has 0 N–H and O–H groups in total. The monoisotopic (exact) mass is 260 g/mol. The van der Waals surface area contributed by atoms with E-state index in [1.165, 1.54) is 22.3 Å². The molecule has 2 aromatic rings. The molecular formula is C20H20. The molecule has 20 heavy (non-hydrogen) atoms. The number of allylic oxidation sites excluding steroid dienone is 4. The van der Waals surface area contributed by atoms with E-state index in [0.717, 1.165) is 12.8 Å². The molecule has 0 heteroatoms. The third-order valence-corrected chi connectivity index (χ3v) is 3.95. The minimum atomic E-state index is 0.390. The van der Waals surface area contributed by atoms with Gasteiger partial charge in [0.05, 0.1) is 0 Å². The van der Waals surface area contributed by atoms with Crippen LogP contribution in [-0.4, -0.2) is 0 Å². The van der Waals surface area contributed by atoms with Crippen LogP contribution in [-0.2, 0) is 0 Å². The summed E-state index contributed by atoms with van der Waals surface area (Å²) >= 11 is 0. The predicted octanol–water partition coefficient (Wildman–Crippen LogP) is 5.49. The SMILES string of the molecule is CC1=CCCC(C(c2ccccc2)c2ccccc2)=C1. The van der Waals surface area contributed by atoms with Crippen molar-refractivity contribution in [3.8, 4) is 0 Å². The fourth-order valence-electron chi connectivity index (χ4n) is 3.03. The predicted molar refractivity (Wildman–Crippen MR) is 85.8 cm³/mol. The standard InChI is InChI=1S/C20H20/c1-16-9-8-14-19(15-16)20(17-10-4-2-5-11-17)18-12-6-3-7-13-18/h2-7,9-13,15,20H,8,14H2,1H3.